The van der Waals surface area contributed by atoms with Gasteiger partial charge in [0.15, 0.2) is 17.2 Å². The SMILES string of the molecule is CCc1ccccc1N(CC(=O)Nc1cc(Cl)ccc1Oc1ccccc1OC)S(C)(=O)=O. The first-order chi connectivity index (χ1) is 15.7. The number of rotatable bonds is 9. The molecule has 7 nitrogen and oxygen atoms in total. The van der Waals surface area contributed by atoms with E-state index in [-0.39, 0.29) is 0 Å². The molecule has 1 amide bonds. The number of halogens is 1. The van der Waals surface area contributed by atoms with Gasteiger partial charge in [-0.3, -0.25) is 9.10 Å². The van der Waals surface area contributed by atoms with Gasteiger partial charge in [0.2, 0.25) is 15.9 Å². The Morgan fingerprint density at radius 1 is 1.00 bits per heavy atom. The Kier molecular flexibility index (Phi) is 7.84. The normalized spacial score (nSPS) is 11.0. The van der Waals surface area contributed by atoms with Crippen LogP contribution in [0.25, 0.3) is 0 Å². The smallest absolute Gasteiger partial charge is 0.245 e. The lowest BCUT2D eigenvalue weighted by atomic mass is 10.1. The van der Waals surface area contributed by atoms with E-state index in [0.29, 0.717) is 40.1 Å². The topological polar surface area (TPSA) is 84.9 Å². The van der Waals surface area contributed by atoms with Crippen molar-refractivity contribution in [2.24, 2.45) is 0 Å². The number of amides is 1. The zero-order valence-corrected chi connectivity index (χ0v) is 20.1. The van der Waals surface area contributed by atoms with Crippen molar-refractivity contribution in [1.29, 1.82) is 0 Å². The van der Waals surface area contributed by atoms with Crippen LogP contribution in [0.15, 0.2) is 66.7 Å². The molecule has 0 atom stereocenters. The molecule has 0 heterocycles. The number of benzene rings is 3. The molecular weight excluding hydrogens is 464 g/mol. The molecule has 0 radical (unpaired) electrons. The fraction of sp³-hybridized carbons (Fsp3) is 0.208. The summed E-state index contributed by atoms with van der Waals surface area (Å²) in [6, 6.07) is 18.9. The maximum absolute atomic E-state index is 12.9. The summed E-state index contributed by atoms with van der Waals surface area (Å²) in [5.41, 5.74) is 1.59. The minimum atomic E-state index is -3.72. The summed E-state index contributed by atoms with van der Waals surface area (Å²) < 4.78 is 37.4. The van der Waals surface area contributed by atoms with Gasteiger partial charge in [-0.1, -0.05) is 48.9 Å². The lowest BCUT2D eigenvalue weighted by Gasteiger charge is -2.24. The molecule has 0 bridgehead atoms. The van der Waals surface area contributed by atoms with E-state index in [1.807, 2.05) is 25.1 Å². The predicted octanol–water partition coefficient (Wildman–Crippen LogP) is 5.11. The highest BCUT2D eigenvalue weighted by Gasteiger charge is 2.23. The third-order valence-corrected chi connectivity index (χ3v) is 6.19. The maximum atomic E-state index is 12.9. The Balaban J connectivity index is 1.88. The van der Waals surface area contributed by atoms with E-state index in [4.69, 9.17) is 21.1 Å². The molecule has 33 heavy (non-hydrogen) atoms. The average Bonchev–Trinajstić information content (AvgIpc) is 2.79. The van der Waals surface area contributed by atoms with Crippen molar-refractivity contribution in [2.45, 2.75) is 13.3 Å². The number of carbonyl (C=O) groups excluding carboxylic acids is 1. The van der Waals surface area contributed by atoms with Crippen LogP contribution in [-0.4, -0.2) is 34.2 Å². The average molecular weight is 489 g/mol. The number of nitrogens with zero attached hydrogens (tertiary/aromatic N) is 1. The van der Waals surface area contributed by atoms with Crippen LogP contribution in [0.1, 0.15) is 12.5 Å². The van der Waals surface area contributed by atoms with Crippen molar-refractivity contribution in [3.05, 3.63) is 77.3 Å². The zero-order chi connectivity index (χ0) is 24.0. The third kappa shape index (κ3) is 6.18. The molecule has 0 aliphatic heterocycles. The van der Waals surface area contributed by atoms with Crippen molar-refractivity contribution in [1.82, 2.24) is 0 Å². The fourth-order valence-electron chi connectivity index (χ4n) is 3.26. The van der Waals surface area contributed by atoms with E-state index in [0.717, 1.165) is 16.1 Å². The maximum Gasteiger partial charge on any atom is 0.245 e. The first-order valence-electron chi connectivity index (χ1n) is 10.2. The van der Waals surface area contributed by atoms with Gasteiger partial charge < -0.3 is 14.8 Å². The minimum Gasteiger partial charge on any atom is -0.493 e. The number of nitrogens with one attached hydrogen (secondary N) is 1. The standard InChI is InChI=1S/C24H25ClN2O5S/c1-4-17-9-5-6-10-20(17)27(33(3,29)30)16-24(28)26-19-15-18(25)13-14-21(19)32-23-12-8-7-11-22(23)31-2/h5-15H,4,16H2,1-3H3,(H,26,28). The number of sulfonamides is 1. The van der Waals surface area contributed by atoms with Crippen LogP contribution in [0.5, 0.6) is 17.2 Å². The number of methoxy groups -OCH3 is 1. The van der Waals surface area contributed by atoms with Crippen molar-refractivity contribution in [3.8, 4) is 17.2 Å². The van der Waals surface area contributed by atoms with Crippen LogP contribution >= 0.6 is 11.6 Å². The minimum absolute atomic E-state index is 0.302. The van der Waals surface area contributed by atoms with E-state index >= 15 is 0 Å². The lowest BCUT2D eigenvalue weighted by molar-refractivity contribution is -0.114. The Labute approximate surface area is 198 Å². The predicted molar refractivity (Wildman–Crippen MR) is 131 cm³/mol. The number of hydrogen-bond donors (Lipinski definition) is 1. The van der Waals surface area contributed by atoms with Gasteiger partial charge >= 0.3 is 0 Å². The molecule has 3 rings (SSSR count). The number of ether oxygens (including phenoxy) is 2. The van der Waals surface area contributed by atoms with Crippen molar-refractivity contribution in [3.63, 3.8) is 0 Å². The molecule has 0 aromatic heterocycles. The Morgan fingerprint density at radius 2 is 1.67 bits per heavy atom. The summed E-state index contributed by atoms with van der Waals surface area (Å²) in [6.07, 6.45) is 1.69. The monoisotopic (exact) mass is 488 g/mol. The van der Waals surface area contributed by atoms with Gasteiger partial charge in [-0.05, 0) is 48.4 Å². The fourth-order valence-corrected chi connectivity index (χ4v) is 4.32. The first-order valence-corrected chi connectivity index (χ1v) is 12.4. The molecule has 0 fully saturated rings. The van der Waals surface area contributed by atoms with Crippen LogP contribution in [0.2, 0.25) is 5.02 Å². The summed E-state index contributed by atoms with van der Waals surface area (Å²) in [6.45, 7) is 1.52. The number of carbonyl (C=O) groups is 1. The van der Waals surface area contributed by atoms with Crippen molar-refractivity contribution >= 4 is 38.9 Å². The summed E-state index contributed by atoms with van der Waals surface area (Å²) in [5.74, 6) is 0.757. The van der Waals surface area contributed by atoms with Gasteiger partial charge in [-0.25, -0.2) is 8.42 Å². The second kappa shape index (κ2) is 10.6. The second-order valence-electron chi connectivity index (χ2n) is 7.19. The van der Waals surface area contributed by atoms with Crippen LogP contribution < -0.4 is 19.1 Å². The van der Waals surface area contributed by atoms with Crippen LogP contribution in [0.4, 0.5) is 11.4 Å². The number of hydrogen-bond acceptors (Lipinski definition) is 5. The van der Waals surface area contributed by atoms with E-state index in [9.17, 15) is 13.2 Å². The molecular formula is C24H25ClN2O5S. The summed E-state index contributed by atoms with van der Waals surface area (Å²) >= 11 is 6.14. The van der Waals surface area contributed by atoms with Crippen LogP contribution in [0.3, 0.4) is 0 Å². The van der Waals surface area contributed by atoms with E-state index in [1.54, 1.807) is 42.5 Å². The molecule has 9 heteroatoms. The largest absolute Gasteiger partial charge is 0.493 e. The molecule has 174 valence electrons. The molecule has 0 unspecified atom stereocenters. The van der Waals surface area contributed by atoms with Gasteiger partial charge in [0.25, 0.3) is 0 Å². The lowest BCUT2D eigenvalue weighted by Crippen LogP contribution is -2.38. The molecule has 0 saturated carbocycles. The summed E-state index contributed by atoms with van der Waals surface area (Å²) in [4.78, 5) is 12.9. The highest BCUT2D eigenvalue weighted by molar-refractivity contribution is 7.92. The highest BCUT2D eigenvalue weighted by atomic mass is 35.5. The van der Waals surface area contributed by atoms with E-state index < -0.39 is 22.5 Å². The molecule has 0 spiro atoms. The van der Waals surface area contributed by atoms with Crippen LogP contribution in [0, 0.1) is 0 Å². The van der Waals surface area contributed by atoms with Gasteiger partial charge in [-0.15, -0.1) is 0 Å². The second-order valence-corrected chi connectivity index (χ2v) is 9.54. The van der Waals surface area contributed by atoms with Gasteiger partial charge in [0.1, 0.15) is 6.54 Å². The quantitative estimate of drug-likeness (QED) is 0.452. The van der Waals surface area contributed by atoms with Crippen molar-refractivity contribution < 1.29 is 22.7 Å². The first kappa shape index (κ1) is 24.4. The number of anilines is 2. The molecule has 1 N–H and O–H groups in total. The number of para-hydroxylation sites is 3. The molecule has 3 aromatic carbocycles. The van der Waals surface area contributed by atoms with E-state index in [2.05, 4.69) is 5.32 Å². The highest BCUT2D eigenvalue weighted by Crippen LogP contribution is 2.36. The van der Waals surface area contributed by atoms with Gasteiger partial charge in [0, 0.05) is 5.02 Å². The Bertz CT molecular complexity index is 1250. The molecule has 0 saturated heterocycles. The Hall–Kier alpha value is -3.23. The van der Waals surface area contributed by atoms with Crippen LogP contribution in [-0.2, 0) is 21.2 Å². The number of aryl methyl sites for hydroxylation is 1. The molecule has 0 aliphatic rings. The molecule has 0 aliphatic carbocycles. The summed E-state index contributed by atoms with van der Waals surface area (Å²) in [5, 5.41) is 3.11. The third-order valence-electron chi connectivity index (χ3n) is 4.83. The zero-order valence-electron chi connectivity index (χ0n) is 18.5. The Morgan fingerprint density at radius 3 is 2.33 bits per heavy atom. The summed E-state index contributed by atoms with van der Waals surface area (Å²) in [7, 11) is -2.19. The van der Waals surface area contributed by atoms with Gasteiger partial charge in [0.05, 0.1) is 24.7 Å². The van der Waals surface area contributed by atoms with Crippen molar-refractivity contribution in [2.75, 3.05) is 29.5 Å². The van der Waals surface area contributed by atoms with E-state index in [1.165, 1.54) is 13.2 Å². The molecule has 3 aromatic rings. The van der Waals surface area contributed by atoms with Gasteiger partial charge in [-0.2, -0.15) is 0 Å².